The van der Waals surface area contributed by atoms with Crippen LogP contribution in [-0.2, 0) is 4.79 Å². The van der Waals surface area contributed by atoms with Crippen molar-refractivity contribution in [1.29, 1.82) is 0 Å². The highest BCUT2D eigenvalue weighted by Crippen LogP contribution is 2.09. The van der Waals surface area contributed by atoms with E-state index in [1.165, 1.54) is 4.90 Å². The van der Waals surface area contributed by atoms with E-state index in [0.29, 0.717) is 0 Å². The Morgan fingerprint density at radius 3 is 2.69 bits per heavy atom. The molecule has 0 N–H and O–H groups in total. The monoisotopic (exact) mass is 238 g/mol. The fraction of sp³-hybridized carbons (Fsp3) is 0.111. The topological polar surface area (TPSA) is 33.2 Å². The highest BCUT2D eigenvalue weighted by molar-refractivity contribution is 9.12. The van der Waals surface area contributed by atoms with Crippen LogP contribution in [0.25, 0.3) is 0 Å². The number of amides is 1. The molecule has 0 radical (unpaired) electrons. The normalized spacial score (nSPS) is 8.46. The molecule has 0 fully saturated rings. The lowest BCUT2D eigenvalue weighted by Crippen LogP contribution is -2.24. The quantitative estimate of drug-likeness (QED) is 0.694. The summed E-state index contributed by atoms with van der Waals surface area (Å²) in [5.41, 5.74) is 0.773. The van der Waals surface area contributed by atoms with Crippen molar-refractivity contribution in [2.75, 3.05) is 11.9 Å². The maximum Gasteiger partial charge on any atom is 0.303 e. The summed E-state index contributed by atoms with van der Waals surface area (Å²) in [4.78, 5) is 18.9. The first-order valence-corrected chi connectivity index (χ1v) is 4.34. The van der Waals surface area contributed by atoms with Crippen LogP contribution in [0.4, 0.5) is 5.69 Å². The van der Waals surface area contributed by atoms with Gasteiger partial charge in [-0.15, -0.1) is 0 Å². The van der Waals surface area contributed by atoms with E-state index < -0.39 is 0 Å². The van der Waals surface area contributed by atoms with E-state index in [2.05, 4.69) is 31.7 Å². The summed E-state index contributed by atoms with van der Waals surface area (Å²) in [6.07, 6.45) is 3.25. The second-order valence-corrected chi connectivity index (χ2v) is 2.69. The minimum Gasteiger partial charge on any atom is -0.305 e. The Kier molecular flexibility index (Phi) is 3.47. The summed E-state index contributed by atoms with van der Waals surface area (Å²) >= 11 is 2.87. The largest absolute Gasteiger partial charge is 0.305 e. The van der Waals surface area contributed by atoms with E-state index >= 15 is 0 Å². The Balaban J connectivity index is 2.84. The van der Waals surface area contributed by atoms with Crippen molar-refractivity contribution >= 4 is 27.5 Å². The molecule has 13 heavy (non-hydrogen) atoms. The number of anilines is 1. The molecule has 0 spiro atoms. The molecule has 1 rings (SSSR count). The molecule has 1 aromatic heterocycles. The minimum absolute atomic E-state index is 0.261. The van der Waals surface area contributed by atoms with Gasteiger partial charge in [-0.1, -0.05) is 0 Å². The molecule has 1 amide bonds. The van der Waals surface area contributed by atoms with Gasteiger partial charge in [-0.2, -0.15) is 0 Å². The van der Waals surface area contributed by atoms with Gasteiger partial charge in [0.2, 0.25) is 0 Å². The van der Waals surface area contributed by atoms with Gasteiger partial charge >= 0.3 is 5.91 Å². The van der Waals surface area contributed by atoms with Crippen LogP contribution in [0.2, 0.25) is 0 Å². The number of carbonyl (C=O) groups is 1. The molecule has 0 aliphatic rings. The lowest BCUT2D eigenvalue weighted by atomic mass is 10.3. The Bertz CT molecular complexity index is 353. The second kappa shape index (κ2) is 4.63. The van der Waals surface area contributed by atoms with Gasteiger partial charge in [0.15, 0.2) is 0 Å². The third kappa shape index (κ3) is 2.56. The number of nitrogens with zero attached hydrogens (tertiary/aromatic N) is 2. The minimum atomic E-state index is -0.261. The first-order chi connectivity index (χ1) is 6.25. The predicted octanol–water partition coefficient (Wildman–Crippen LogP) is 1.40. The number of halogens is 1. The zero-order valence-electron chi connectivity index (χ0n) is 6.99. The lowest BCUT2D eigenvalue weighted by Gasteiger charge is -2.12. The molecule has 1 heterocycles. The molecule has 0 saturated heterocycles. The number of pyridine rings is 1. The van der Waals surface area contributed by atoms with Crippen LogP contribution >= 0.6 is 15.9 Å². The molecule has 0 aliphatic heterocycles. The Hall–Kier alpha value is -1.34. The van der Waals surface area contributed by atoms with Crippen molar-refractivity contribution in [2.45, 2.75) is 0 Å². The molecule has 0 aliphatic carbocycles. The maximum atomic E-state index is 11.2. The molecular weight excluding hydrogens is 232 g/mol. The van der Waals surface area contributed by atoms with Gasteiger partial charge in [0.1, 0.15) is 0 Å². The van der Waals surface area contributed by atoms with Crippen LogP contribution in [0, 0.1) is 10.8 Å². The van der Waals surface area contributed by atoms with Crippen molar-refractivity contribution in [3.8, 4) is 10.8 Å². The first-order valence-electron chi connectivity index (χ1n) is 3.55. The highest BCUT2D eigenvalue weighted by atomic mass is 79.9. The molecule has 1 aromatic rings. The van der Waals surface area contributed by atoms with E-state index in [0.717, 1.165) is 5.69 Å². The third-order valence-electron chi connectivity index (χ3n) is 1.51. The van der Waals surface area contributed by atoms with Gasteiger partial charge in [-0.3, -0.25) is 9.78 Å². The van der Waals surface area contributed by atoms with E-state index in [-0.39, 0.29) is 5.91 Å². The van der Waals surface area contributed by atoms with Gasteiger partial charge in [0.25, 0.3) is 0 Å². The van der Waals surface area contributed by atoms with Crippen LogP contribution in [0.5, 0.6) is 0 Å². The average Bonchev–Trinajstić information content (AvgIpc) is 2.18. The average molecular weight is 239 g/mol. The fourth-order valence-electron chi connectivity index (χ4n) is 0.809. The summed E-state index contributed by atoms with van der Waals surface area (Å²) in [7, 11) is 1.66. The number of carbonyl (C=O) groups excluding carboxylic acids is 1. The summed E-state index contributed by atoms with van der Waals surface area (Å²) in [6.45, 7) is 0. The number of hydrogen-bond acceptors (Lipinski definition) is 2. The van der Waals surface area contributed by atoms with Crippen LogP contribution in [0.3, 0.4) is 0 Å². The van der Waals surface area contributed by atoms with Crippen molar-refractivity contribution in [2.24, 2.45) is 0 Å². The molecular formula is C9H7BrN2O. The van der Waals surface area contributed by atoms with Crippen LogP contribution < -0.4 is 4.90 Å². The van der Waals surface area contributed by atoms with Gasteiger partial charge in [0, 0.05) is 47.0 Å². The molecule has 0 unspecified atom stereocenters. The molecule has 0 saturated carbocycles. The van der Waals surface area contributed by atoms with E-state index in [1.807, 2.05) is 0 Å². The number of aromatic nitrogens is 1. The van der Waals surface area contributed by atoms with Crippen molar-refractivity contribution < 1.29 is 4.79 Å². The van der Waals surface area contributed by atoms with Gasteiger partial charge in [-0.05, 0) is 17.0 Å². The number of rotatable bonds is 1. The molecule has 66 valence electrons. The molecule has 0 bridgehead atoms. The molecule has 0 aromatic carbocycles. The van der Waals surface area contributed by atoms with Crippen molar-refractivity contribution in [1.82, 2.24) is 4.98 Å². The summed E-state index contributed by atoms with van der Waals surface area (Å²) in [5.74, 6) is 2.12. The summed E-state index contributed by atoms with van der Waals surface area (Å²) in [5, 5.41) is 0. The summed E-state index contributed by atoms with van der Waals surface area (Å²) in [6, 6.07) is 3.49. The fourth-order valence-corrected chi connectivity index (χ4v) is 0.979. The molecule has 4 heteroatoms. The van der Waals surface area contributed by atoms with E-state index in [1.54, 1.807) is 31.6 Å². The lowest BCUT2D eigenvalue weighted by molar-refractivity contribution is -0.113. The van der Waals surface area contributed by atoms with Crippen molar-refractivity contribution in [3.63, 3.8) is 0 Å². The van der Waals surface area contributed by atoms with Gasteiger partial charge < -0.3 is 4.90 Å². The first kappa shape index (κ1) is 9.75. The SMILES string of the molecule is CN(C(=O)C#CBr)c1ccncc1. The second-order valence-electron chi connectivity index (χ2n) is 2.29. The highest BCUT2D eigenvalue weighted by Gasteiger charge is 2.06. The molecule has 0 atom stereocenters. The zero-order chi connectivity index (χ0) is 9.68. The van der Waals surface area contributed by atoms with Crippen LogP contribution in [-0.4, -0.2) is 17.9 Å². The smallest absolute Gasteiger partial charge is 0.303 e. The number of hydrogen-bond donors (Lipinski definition) is 0. The Labute approximate surface area is 84.9 Å². The maximum absolute atomic E-state index is 11.2. The Morgan fingerprint density at radius 2 is 2.15 bits per heavy atom. The zero-order valence-corrected chi connectivity index (χ0v) is 8.58. The van der Waals surface area contributed by atoms with Crippen LogP contribution in [0.15, 0.2) is 24.5 Å². The van der Waals surface area contributed by atoms with Crippen molar-refractivity contribution in [3.05, 3.63) is 24.5 Å². The van der Waals surface area contributed by atoms with Crippen LogP contribution in [0.1, 0.15) is 0 Å². The Morgan fingerprint density at radius 1 is 1.54 bits per heavy atom. The van der Waals surface area contributed by atoms with E-state index in [4.69, 9.17) is 0 Å². The van der Waals surface area contributed by atoms with E-state index in [9.17, 15) is 4.79 Å². The predicted molar refractivity (Wildman–Crippen MR) is 54.4 cm³/mol. The van der Waals surface area contributed by atoms with Gasteiger partial charge in [0.05, 0.1) is 0 Å². The third-order valence-corrected chi connectivity index (χ3v) is 1.71. The van der Waals surface area contributed by atoms with Gasteiger partial charge in [-0.25, -0.2) is 0 Å². The standard InChI is InChI=1S/C9H7BrN2O/c1-12(9(13)2-5-10)8-3-6-11-7-4-8/h3-4,6-7H,1H3. The molecule has 3 nitrogen and oxygen atoms in total. The summed E-state index contributed by atoms with van der Waals surface area (Å²) < 4.78 is 0.